The van der Waals surface area contributed by atoms with Crippen LogP contribution >= 0.6 is 0 Å². The van der Waals surface area contributed by atoms with Crippen molar-refractivity contribution in [1.82, 2.24) is 15.0 Å². The van der Waals surface area contributed by atoms with Gasteiger partial charge in [0.15, 0.2) is 0 Å². The highest BCUT2D eigenvalue weighted by Gasteiger charge is 2.04. The molecule has 24 heavy (non-hydrogen) atoms. The number of ether oxygens (including phenoxy) is 1. The van der Waals surface area contributed by atoms with Crippen LogP contribution in [0.4, 0.5) is 17.3 Å². The topological polar surface area (TPSA) is 88.9 Å². The van der Waals surface area contributed by atoms with Crippen molar-refractivity contribution in [2.24, 2.45) is 0 Å². The molecule has 118 valence electrons. The molecule has 0 saturated carbocycles. The molecule has 2 aromatic carbocycles. The molecule has 4 N–H and O–H groups in total. The van der Waals surface area contributed by atoms with E-state index in [9.17, 15) is 0 Å². The number of aromatic amines is 1. The van der Waals surface area contributed by atoms with Gasteiger partial charge in [-0.2, -0.15) is 4.98 Å². The predicted octanol–water partition coefficient (Wildman–Crippen LogP) is 4.08. The van der Waals surface area contributed by atoms with Crippen molar-refractivity contribution in [3.05, 3.63) is 67.0 Å². The highest BCUT2D eigenvalue weighted by Crippen LogP contribution is 2.25. The summed E-state index contributed by atoms with van der Waals surface area (Å²) in [4.78, 5) is 11.7. The number of hydrogen-bond donors (Lipinski definition) is 3. The Morgan fingerprint density at radius 3 is 2.92 bits per heavy atom. The van der Waals surface area contributed by atoms with Crippen molar-refractivity contribution < 1.29 is 4.74 Å². The lowest BCUT2D eigenvalue weighted by Crippen LogP contribution is -1.98. The molecule has 0 aliphatic carbocycles. The van der Waals surface area contributed by atoms with E-state index in [1.807, 2.05) is 54.7 Å². The first-order valence-corrected chi connectivity index (χ1v) is 7.47. The van der Waals surface area contributed by atoms with Crippen molar-refractivity contribution in [2.45, 2.75) is 0 Å². The fraction of sp³-hybridized carbons (Fsp3) is 0. The van der Waals surface area contributed by atoms with E-state index in [1.54, 1.807) is 12.3 Å². The summed E-state index contributed by atoms with van der Waals surface area (Å²) < 4.78 is 5.83. The predicted molar refractivity (Wildman–Crippen MR) is 94.5 cm³/mol. The van der Waals surface area contributed by atoms with Crippen LogP contribution in [0.3, 0.4) is 0 Å². The third-order valence-corrected chi connectivity index (χ3v) is 3.52. The SMILES string of the molecule is Nc1cccc(Nc2nccc(Oc3ccc4[nH]ccc4c3)n2)c1. The van der Waals surface area contributed by atoms with E-state index in [2.05, 4.69) is 20.3 Å². The van der Waals surface area contributed by atoms with E-state index in [0.717, 1.165) is 22.3 Å². The summed E-state index contributed by atoms with van der Waals surface area (Å²) in [6, 6.07) is 16.9. The number of nitrogens with zero attached hydrogens (tertiary/aromatic N) is 2. The van der Waals surface area contributed by atoms with Gasteiger partial charge in [0.25, 0.3) is 0 Å². The van der Waals surface area contributed by atoms with Crippen LogP contribution in [0.2, 0.25) is 0 Å². The van der Waals surface area contributed by atoms with Gasteiger partial charge in [0.05, 0.1) is 0 Å². The number of fused-ring (bicyclic) bond motifs is 1. The van der Waals surface area contributed by atoms with Gasteiger partial charge in [0.2, 0.25) is 11.8 Å². The van der Waals surface area contributed by atoms with Gasteiger partial charge in [-0.3, -0.25) is 0 Å². The van der Waals surface area contributed by atoms with Crippen LogP contribution in [0.15, 0.2) is 67.0 Å². The van der Waals surface area contributed by atoms with Crippen molar-refractivity contribution >= 4 is 28.2 Å². The van der Waals surface area contributed by atoms with Crippen molar-refractivity contribution in [3.63, 3.8) is 0 Å². The Bertz CT molecular complexity index is 995. The van der Waals surface area contributed by atoms with Crippen LogP contribution in [0.1, 0.15) is 0 Å². The molecule has 0 unspecified atom stereocenters. The van der Waals surface area contributed by atoms with Crippen LogP contribution in [-0.2, 0) is 0 Å². The fourth-order valence-corrected chi connectivity index (χ4v) is 2.42. The molecule has 0 spiro atoms. The molecule has 6 heteroatoms. The lowest BCUT2D eigenvalue weighted by Gasteiger charge is -2.08. The van der Waals surface area contributed by atoms with Gasteiger partial charge >= 0.3 is 0 Å². The summed E-state index contributed by atoms with van der Waals surface area (Å²) in [5, 5.41) is 4.19. The minimum absolute atomic E-state index is 0.445. The molecule has 0 aliphatic rings. The summed E-state index contributed by atoms with van der Waals surface area (Å²) >= 11 is 0. The Morgan fingerprint density at radius 1 is 1.04 bits per heavy atom. The van der Waals surface area contributed by atoms with Gasteiger partial charge < -0.3 is 20.8 Å². The van der Waals surface area contributed by atoms with Crippen LogP contribution in [0, 0.1) is 0 Å². The molecule has 6 nitrogen and oxygen atoms in total. The Morgan fingerprint density at radius 2 is 2.00 bits per heavy atom. The standard InChI is InChI=1S/C18H15N5O/c19-13-2-1-3-14(11-13)22-18-21-9-7-17(23-18)24-15-4-5-16-12(10-15)6-8-20-16/h1-11,20H,19H2,(H,21,22,23). The van der Waals surface area contributed by atoms with Crippen LogP contribution in [0.5, 0.6) is 11.6 Å². The number of rotatable bonds is 4. The number of benzene rings is 2. The molecular formula is C18H15N5O. The quantitative estimate of drug-likeness (QED) is 0.494. The number of nitrogens with one attached hydrogen (secondary N) is 2. The number of nitrogen functional groups attached to an aromatic ring is 1. The molecule has 0 aliphatic heterocycles. The van der Waals surface area contributed by atoms with Crippen molar-refractivity contribution in [2.75, 3.05) is 11.1 Å². The zero-order valence-corrected chi connectivity index (χ0v) is 12.7. The molecular weight excluding hydrogens is 302 g/mol. The third-order valence-electron chi connectivity index (χ3n) is 3.52. The average Bonchev–Trinajstić information content (AvgIpc) is 3.03. The minimum Gasteiger partial charge on any atom is -0.439 e. The first kappa shape index (κ1) is 14.1. The van der Waals surface area contributed by atoms with E-state index in [4.69, 9.17) is 10.5 Å². The largest absolute Gasteiger partial charge is 0.439 e. The number of hydrogen-bond acceptors (Lipinski definition) is 5. The molecule has 0 fully saturated rings. The number of aromatic nitrogens is 3. The monoisotopic (exact) mass is 317 g/mol. The summed E-state index contributed by atoms with van der Waals surface area (Å²) in [5.74, 6) is 1.63. The van der Waals surface area contributed by atoms with E-state index < -0.39 is 0 Å². The summed E-state index contributed by atoms with van der Waals surface area (Å²) in [6.07, 6.45) is 3.54. The van der Waals surface area contributed by atoms with Gasteiger partial charge in [0, 0.05) is 40.7 Å². The maximum absolute atomic E-state index is 5.83. The Labute approximate surface area is 138 Å². The highest BCUT2D eigenvalue weighted by atomic mass is 16.5. The Kier molecular flexibility index (Phi) is 3.47. The van der Waals surface area contributed by atoms with Crippen LogP contribution in [-0.4, -0.2) is 15.0 Å². The maximum Gasteiger partial charge on any atom is 0.230 e. The van der Waals surface area contributed by atoms with Crippen LogP contribution in [0.25, 0.3) is 10.9 Å². The minimum atomic E-state index is 0.445. The van der Waals surface area contributed by atoms with Gasteiger partial charge in [-0.25, -0.2) is 4.98 Å². The normalized spacial score (nSPS) is 10.7. The molecule has 4 rings (SSSR count). The number of anilines is 3. The zero-order chi connectivity index (χ0) is 16.4. The van der Waals surface area contributed by atoms with E-state index in [0.29, 0.717) is 17.5 Å². The second kappa shape index (κ2) is 5.92. The summed E-state index contributed by atoms with van der Waals surface area (Å²) in [5.41, 5.74) is 8.33. The van der Waals surface area contributed by atoms with Gasteiger partial charge in [0.1, 0.15) is 5.75 Å². The van der Waals surface area contributed by atoms with Crippen molar-refractivity contribution in [3.8, 4) is 11.6 Å². The molecule has 4 aromatic rings. The van der Waals surface area contributed by atoms with Crippen LogP contribution < -0.4 is 15.8 Å². The Balaban J connectivity index is 1.55. The number of nitrogens with two attached hydrogens (primary N) is 1. The summed E-state index contributed by atoms with van der Waals surface area (Å²) in [6.45, 7) is 0. The van der Waals surface area contributed by atoms with Gasteiger partial charge in [-0.1, -0.05) is 6.07 Å². The van der Waals surface area contributed by atoms with E-state index in [-0.39, 0.29) is 0 Å². The molecule has 0 radical (unpaired) electrons. The molecule has 0 atom stereocenters. The Hall–Kier alpha value is -3.54. The summed E-state index contributed by atoms with van der Waals surface area (Å²) in [7, 11) is 0. The van der Waals surface area contributed by atoms with Gasteiger partial charge in [-0.05, 0) is 42.5 Å². The third kappa shape index (κ3) is 2.98. The average molecular weight is 317 g/mol. The lowest BCUT2D eigenvalue weighted by molar-refractivity contribution is 0.463. The molecule has 0 saturated heterocycles. The molecule has 2 heterocycles. The first-order valence-electron chi connectivity index (χ1n) is 7.47. The van der Waals surface area contributed by atoms with Crippen molar-refractivity contribution in [1.29, 1.82) is 0 Å². The molecule has 0 bridgehead atoms. The first-order chi connectivity index (χ1) is 11.8. The highest BCUT2D eigenvalue weighted by molar-refractivity contribution is 5.80. The zero-order valence-electron chi connectivity index (χ0n) is 12.7. The maximum atomic E-state index is 5.83. The lowest BCUT2D eigenvalue weighted by atomic mass is 10.2. The smallest absolute Gasteiger partial charge is 0.230 e. The molecule has 2 aromatic heterocycles. The van der Waals surface area contributed by atoms with Gasteiger partial charge in [-0.15, -0.1) is 0 Å². The second-order valence-electron chi connectivity index (χ2n) is 5.30. The number of H-pyrrole nitrogens is 1. The van der Waals surface area contributed by atoms with E-state index >= 15 is 0 Å². The second-order valence-corrected chi connectivity index (χ2v) is 5.30. The van der Waals surface area contributed by atoms with E-state index in [1.165, 1.54) is 0 Å². The molecule has 0 amide bonds. The fourth-order valence-electron chi connectivity index (χ4n) is 2.42.